The molecular weight excluding hydrogens is 827 g/mol. The van der Waals surface area contributed by atoms with Gasteiger partial charge in [-0.2, -0.15) is 0 Å². The van der Waals surface area contributed by atoms with Crippen molar-refractivity contribution in [2.75, 3.05) is 0 Å². The molecule has 0 radical (unpaired) electrons. The Morgan fingerprint density at radius 3 is 1.32 bits per heavy atom. The second-order valence-electron chi connectivity index (χ2n) is 17.8. The molecule has 2 aliphatic rings. The highest BCUT2D eigenvalue weighted by Gasteiger charge is 2.49. The van der Waals surface area contributed by atoms with Crippen LogP contribution in [0.2, 0.25) is 0 Å². The number of rotatable bonds is 5. The molecule has 14 rings (SSSR count). The molecule has 0 aliphatic heterocycles. The van der Waals surface area contributed by atoms with Gasteiger partial charge in [-0.05, 0) is 114 Å². The number of hydrogen-bond donors (Lipinski definition) is 0. The van der Waals surface area contributed by atoms with E-state index >= 15 is 0 Å². The summed E-state index contributed by atoms with van der Waals surface area (Å²) < 4.78 is 6.66. The molecule has 0 saturated carbocycles. The van der Waals surface area contributed by atoms with Crippen molar-refractivity contribution in [3.05, 3.63) is 259 Å². The zero-order valence-corrected chi connectivity index (χ0v) is 36.8. The summed E-state index contributed by atoms with van der Waals surface area (Å²) in [6.07, 6.45) is 0. The van der Waals surface area contributed by atoms with Crippen LogP contribution >= 0.6 is 0 Å². The molecule has 4 nitrogen and oxygen atoms in total. The van der Waals surface area contributed by atoms with Gasteiger partial charge in [-0.1, -0.05) is 200 Å². The Balaban J connectivity index is 1.05. The average molecular weight is 866 g/mol. The maximum Gasteiger partial charge on any atom is 0.167 e. The molecule has 12 aromatic rings. The quantitative estimate of drug-likeness (QED) is 0.173. The largest absolute Gasteiger partial charge is 0.455 e. The van der Waals surface area contributed by atoms with E-state index in [1.54, 1.807) is 0 Å². The SMILES string of the molecule is c1ccc(-c2cc(-c3ccccc3)cc(-c3nc(-c4ccc5c(c4)C4(c6ccccc6-c6ccccc6-c6ccccc64)c4ccccc4-5)nc(-c4cccc5c4oc4ccccc45)n3)c2)cc1. The van der Waals surface area contributed by atoms with Crippen LogP contribution in [-0.4, -0.2) is 15.0 Å². The van der Waals surface area contributed by atoms with Crippen LogP contribution in [0.5, 0.6) is 0 Å². The van der Waals surface area contributed by atoms with Gasteiger partial charge in [-0.15, -0.1) is 0 Å². The van der Waals surface area contributed by atoms with Crippen LogP contribution in [0, 0.1) is 0 Å². The fraction of sp³-hybridized carbons (Fsp3) is 0.0156. The summed E-state index contributed by atoms with van der Waals surface area (Å²) in [5, 5.41) is 2.07. The molecule has 68 heavy (non-hydrogen) atoms. The van der Waals surface area contributed by atoms with Crippen molar-refractivity contribution in [2.45, 2.75) is 5.41 Å². The first-order chi connectivity index (χ1) is 33.7. The summed E-state index contributed by atoms with van der Waals surface area (Å²) in [6, 6.07) is 84.8. The minimum Gasteiger partial charge on any atom is -0.455 e. The Hall–Kier alpha value is -8.99. The summed E-state index contributed by atoms with van der Waals surface area (Å²) in [5.41, 5.74) is 20.2. The minimum atomic E-state index is -0.651. The van der Waals surface area contributed by atoms with E-state index in [1.807, 2.05) is 12.1 Å². The third kappa shape index (κ3) is 5.71. The van der Waals surface area contributed by atoms with E-state index in [1.165, 1.54) is 55.6 Å². The third-order valence-corrected chi connectivity index (χ3v) is 14.2. The molecule has 0 amide bonds. The molecule has 10 aromatic carbocycles. The zero-order valence-electron chi connectivity index (χ0n) is 36.8. The summed E-state index contributed by atoms with van der Waals surface area (Å²) in [5.74, 6) is 1.70. The third-order valence-electron chi connectivity index (χ3n) is 14.2. The normalized spacial score (nSPS) is 12.8. The van der Waals surface area contributed by atoms with E-state index in [2.05, 4.69) is 224 Å². The van der Waals surface area contributed by atoms with Crippen molar-refractivity contribution in [3.8, 4) is 89.8 Å². The van der Waals surface area contributed by atoms with E-state index in [0.29, 0.717) is 17.5 Å². The van der Waals surface area contributed by atoms with Crippen LogP contribution in [-0.2, 0) is 5.41 Å². The van der Waals surface area contributed by atoms with E-state index in [-0.39, 0.29) is 0 Å². The first-order valence-corrected chi connectivity index (χ1v) is 23.2. The highest BCUT2D eigenvalue weighted by atomic mass is 16.3. The molecule has 0 bridgehead atoms. The molecule has 0 saturated heterocycles. The standard InChI is InChI=1S/C64H39N3O/c1-3-18-40(19-4-1)43-36-44(41-20-5-2-6-21-41)38-45(37-43)62-65-61(66-63(67-62)54-29-17-28-53-52-27-12-16-33-59(52)68-60(53)54)42-34-35-51-50-26-11-15-32-57(50)64(58(51)39-42)55-30-13-9-24-48(55)46-22-7-8-23-47(46)49-25-10-14-31-56(49)64/h1-39H. The van der Waals surface area contributed by atoms with Crippen molar-refractivity contribution < 1.29 is 4.42 Å². The Bertz CT molecular complexity index is 3860. The van der Waals surface area contributed by atoms with Crippen LogP contribution < -0.4 is 0 Å². The van der Waals surface area contributed by atoms with E-state index in [4.69, 9.17) is 19.4 Å². The van der Waals surface area contributed by atoms with Crippen molar-refractivity contribution in [1.29, 1.82) is 0 Å². The van der Waals surface area contributed by atoms with Crippen molar-refractivity contribution in [1.82, 2.24) is 15.0 Å². The lowest BCUT2D eigenvalue weighted by atomic mass is 9.66. The first-order valence-electron chi connectivity index (χ1n) is 23.2. The first kappa shape index (κ1) is 38.3. The van der Waals surface area contributed by atoms with Gasteiger partial charge in [-0.25, -0.2) is 15.0 Å². The van der Waals surface area contributed by atoms with Gasteiger partial charge in [0.1, 0.15) is 11.2 Å². The van der Waals surface area contributed by atoms with Gasteiger partial charge < -0.3 is 4.42 Å². The van der Waals surface area contributed by atoms with Gasteiger partial charge in [0, 0.05) is 21.9 Å². The van der Waals surface area contributed by atoms with Gasteiger partial charge >= 0.3 is 0 Å². The number of hydrogen-bond acceptors (Lipinski definition) is 4. The van der Waals surface area contributed by atoms with Gasteiger partial charge in [0.25, 0.3) is 0 Å². The summed E-state index contributed by atoms with van der Waals surface area (Å²) in [7, 11) is 0. The molecule has 2 heterocycles. The lowest BCUT2D eigenvalue weighted by Gasteiger charge is -2.35. The van der Waals surface area contributed by atoms with E-state index < -0.39 is 5.41 Å². The molecule has 4 heteroatoms. The Morgan fingerprint density at radius 2 is 0.706 bits per heavy atom. The predicted octanol–water partition coefficient (Wildman–Crippen LogP) is 16.1. The van der Waals surface area contributed by atoms with Crippen LogP contribution in [0.3, 0.4) is 0 Å². The van der Waals surface area contributed by atoms with Crippen molar-refractivity contribution in [3.63, 3.8) is 0 Å². The molecule has 1 spiro atoms. The summed E-state index contributed by atoms with van der Waals surface area (Å²) >= 11 is 0. The topological polar surface area (TPSA) is 51.8 Å². The monoisotopic (exact) mass is 865 g/mol. The second kappa shape index (κ2) is 15.0. The number of furan rings is 1. The van der Waals surface area contributed by atoms with Crippen molar-refractivity contribution in [2.24, 2.45) is 0 Å². The summed E-state index contributed by atoms with van der Waals surface area (Å²) in [4.78, 5) is 16.3. The molecule has 0 atom stereocenters. The number of aromatic nitrogens is 3. The zero-order chi connectivity index (χ0) is 44.8. The Morgan fingerprint density at radius 1 is 0.265 bits per heavy atom. The van der Waals surface area contributed by atoms with E-state index in [0.717, 1.165) is 60.9 Å². The molecule has 0 fully saturated rings. The summed E-state index contributed by atoms with van der Waals surface area (Å²) in [6.45, 7) is 0. The van der Waals surface area contributed by atoms with Crippen molar-refractivity contribution >= 4 is 21.9 Å². The van der Waals surface area contributed by atoms with Crippen LogP contribution in [0.15, 0.2) is 241 Å². The number of benzene rings is 10. The number of para-hydroxylation sites is 2. The highest BCUT2D eigenvalue weighted by Crippen LogP contribution is 2.61. The Kier molecular flexibility index (Phi) is 8.46. The average Bonchev–Trinajstić information content (AvgIpc) is 3.91. The predicted molar refractivity (Wildman–Crippen MR) is 276 cm³/mol. The Labute approximate surface area is 393 Å². The maximum atomic E-state index is 6.66. The van der Waals surface area contributed by atoms with Gasteiger partial charge in [0.15, 0.2) is 17.5 Å². The molecule has 0 N–H and O–H groups in total. The molecule has 2 aliphatic carbocycles. The van der Waals surface area contributed by atoms with E-state index in [9.17, 15) is 0 Å². The number of fused-ring (bicyclic) bond motifs is 15. The van der Waals surface area contributed by atoms with Gasteiger partial charge in [-0.3, -0.25) is 0 Å². The molecule has 2 aromatic heterocycles. The second-order valence-corrected chi connectivity index (χ2v) is 17.8. The van der Waals surface area contributed by atoms with Crippen LogP contribution in [0.4, 0.5) is 0 Å². The lowest BCUT2D eigenvalue weighted by Crippen LogP contribution is -2.29. The molecule has 0 unspecified atom stereocenters. The minimum absolute atomic E-state index is 0.542. The van der Waals surface area contributed by atoms with Gasteiger partial charge in [0.2, 0.25) is 0 Å². The fourth-order valence-electron chi connectivity index (χ4n) is 11.2. The lowest BCUT2D eigenvalue weighted by molar-refractivity contribution is 0.669. The highest BCUT2D eigenvalue weighted by molar-refractivity contribution is 6.09. The fourth-order valence-corrected chi connectivity index (χ4v) is 11.2. The van der Waals surface area contributed by atoms with Gasteiger partial charge in [0.05, 0.1) is 11.0 Å². The smallest absolute Gasteiger partial charge is 0.167 e. The molecule has 316 valence electrons. The van der Waals surface area contributed by atoms with Crippen LogP contribution in [0.25, 0.3) is 112 Å². The maximum absolute atomic E-state index is 6.66. The van der Waals surface area contributed by atoms with Crippen LogP contribution in [0.1, 0.15) is 22.3 Å². The molecular formula is C64H39N3O. The number of nitrogens with zero attached hydrogens (tertiary/aromatic N) is 3.